The summed E-state index contributed by atoms with van der Waals surface area (Å²) in [5.74, 6) is -1.87. The van der Waals surface area contributed by atoms with Gasteiger partial charge in [-0.1, -0.05) is 19.9 Å². The van der Waals surface area contributed by atoms with Gasteiger partial charge in [0.2, 0.25) is 0 Å². The highest BCUT2D eigenvalue weighted by Gasteiger charge is 2.65. The molecule has 0 saturated heterocycles. The van der Waals surface area contributed by atoms with Crippen molar-refractivity contribution in [2.75, 3.05) is 13.2 Å². The third-order valence-electron chi connectivity index (χ3n) is 7.61. The molecule has 0 aliphatic heterocycles. The van der Waals surface area contributed by atoms with Crippen LogP contribution in [0, 0.1) is 17.0 Å². The van der Waals surface area contributed by atoms with E-state index in [2.05, 4.69) is 39.3 Å². The fourth-order valence-electron chi connectivity index (χ4n) is 5.80. The SMILES string of the molecule is CC1(C)[C@H]2CC[C@]1(c1cncc(C(=O)NC[C@H](O)CO)n1)c1nnc(-c3c(F)cccc3F)cc12. The second-order valence-corrected chi connectivity index (χ2v) is 9.68. The molecular weight excluding hydrogens is 456 g/mol. The summed E-state index contributed by atoms with van der Waals surface area (Å²) in [6, 6.07) is 5.41. The Bertz CT molecular complexity index is 1300. The Kier molecular flexibility index (Phi) is 5.60. The Morgan fingerprint density at radius 2 is 1.97 bits per heavy atom. The van der Waals surface area contributed by atoms with Crippen molar-refractivity contribution in [3.63, 3.8) is 0 Å². The van der Waals surface area contributed by atoms with Crippen LogP contribution >= 0.6 is 0 Å². The zero-order chi connectivity index (χ0) is 25.0. The molecule has 0 unspecified atom stereocenters. The summed E-state index contributed by atoms with van der Waals surface area (Å²) >= 11 is 0. The van der Waals surface area contributed by atoms with Gasteiger partial charge in [0.1, 0.15) is 17.3 Å². The largest absolute Gasteiger partial charge is 0.394 e. The van der Waals surface area contributed by atoms with Gasteiger partial charge in [0, 0.05) is 12.7 Å². The molecule has 10 heteroatoms. The molecule has 1 aromatic carbocycles. The Balaban J connectivity index is 1.57. The van der Waals surface area contributed by atoms with E-state index in [4.69, 9.17) is 5.11 Å². The number of carbonyl (C=O) groups is 1. The normalized spacial score (nSPS) is 22.6. The molecular formula is C25H25F2N5O3. The van der Waals surface area contributed by atoms with Crippen molar-refractivity contribution in [2.24, 2.45) is 5.41 Å². The molecule has 8 nitrogen and oxygen atoms in total. The first-order valence-electron chi connectivity index (χ1n) is 11.4. The molecule has 35 heavy (non-hydrogen) atoms. The first-order valence-corrected chi connectivity index (χ1v) is 11.4. The van der Waals surface area contributed by atoms with Crippen LogP contribution in [0.3, 0.4) is 0 Å². The number of rotatable bonds is 6. The van der Waals surface area contributed by atoms with Gasteiger partial charge in [-0.25, -0.2) is 13.8 Å². The molecule has 5 rings (SSSR count). The van der Waals surface area contributed by atoms with E-state index in [1.54, 1.807) is 12.3 Å². The molecule has 1 fully saturated rings. The summed E-state index contributed by atoms with van der Waals surface area (Å²) < 4.78 is 28.9. The number of aliphatic hydroxyl groups excluding tert-OH is 2. The maximum Gasteiger partial charge on any atom is 0.271 e. The average molecular weight is 482 g/mol. The van der Waals surface area contributed by atoms with Crippen molar-refractivity contribution in [3.05, 3.63) is 70.9 Å². The number of aliphatic hydroxyl groups is 2. The summed E-state index contributed by atoms with van der Waals surface area (Å²) in [5, 5.41) is 29.7. The predicted octanol–water partition coefficient (Wildman–Crippen LogP) is 2.50. The zero-order valence-electron chi connectivity index (χ0n) is 19.3. The fourth-order valence-corrected chi connectivity index (χ4v) is 5.80. The topological polar surface area (TPSA) is 121 Å². The van der Waals surface area contributed by atoms with Gasteiger partial charge in [-0.2, -0.15) is 5.10 Å². The van der Waals surface area contributed by atoms with E-state index in [9.17, 15) is 18.7 Å². The lowest BCUT2D eigenvalue weighted by Gasteiger charge is -2.37. The van der Waals surface area contributed by atoms with Gasteiger partial charge < -0.3 is 15.5 Å². The summed E-state index contributed by atoms with van der Waals surface area (Å²) in [6.45, 7) is 3.60. The number of amides is 1. The number of nitrogens with zero attached hydrogens (tertiary/aromatic N) is 4. The quantitative estimate of drug-likeness (QED) is 0.495. The second-order valence-electron chi connectivity index (χ2n) is 9.68. The molecule has 2 aliphatic rings. The van der Waals surface area contributed by atoms with Crippen LogP contribution < -0.4 is 5.32 Å². The number of nitrogens with one attached hydrogen (secondary N) is 1. The van der Waals surface area contributed by atoms with Gasteiger partial charge in [0.25, 0.3) is 5.91 Å². The molecule has 3 atom stereocenters. The smallest absolute Gasteiger partial charge is 0.271 e. The van der Waals surface area contributed by atoms with E-state index in [0.717, 1.165) is 12.0 Å². The van der Waals surface area contributed by atoms with E-state index >= 15 is 0 Å². The fraction of sp³-hybridized carbons (Fsp3) is 0.400. The van der Waals surface area contributed by atoms with Crippen LogP contribution in [0.5, 0.6) is 0 Å². The van der Waals surface area contributed by atoms with E-state index in [-0.39, 0.29) is 34.8 Å². The van der Waals surface area contributed by atoms with Gasteiger partial charge in [0.15, 0.2) is 0 Å². The number of aromatic nitrogens is 4. The molecule has 3 N–H and O–H groups in total. The van der Waals surface area contributed by atoms with Crippen molar-refractivity contribution in [3.8, 4) is 11.3 Å². The molecule has 3 aromatic rings. The Labute approximate surface area is 200 Å². The minimum Gasteiger partial charge on any atom is -0.394 e. The van der Waals surface area contributed by atoms with Crippen molar-refractivity contribution in [2.45, 2.75) is 44.1 Å². The van der Waals surface area contributed by atoms with E-state index in [0.29, 0.717) is 17.8 Å². The molecule has 2 aromatic heterocycles. The Hall–Kier alpha value is -3.37. The van der Waals surface area contributed by atoms with E-state index < -0.39 is 35.7 Å². The van der Waals surface area contributed by atoms with Crippen molar-refractivity contribution in [1.82, 2.24) is 25.5 Å². The van der Waals surface area contributed by atoms with Gasteiger partial charge in [-0.15, -0.1) is 5.10 Å². The van der Waals surface area contributed by atoms with Crippen LogP contribution in [-0.4, -0.2) is 55.5 Å². The Morgan fingerprint density at radius 3 is 2.69 bits per heavy atom. The first-order chi connectivity index (χ1) is 16.7. The first kappa shape index (κ1) is 23.4. The monoisotopic (exact) mass is 481 g/mol. The minimum atomic E-state index is -1.08. The van der Waals surface area contributed by atoms with Crippen LogP contribution in [0.15, 0.2) is 36.7 Å². The summed E-state index contributed by atoms with van der Waals surface area (Å²) in [6.07, 6.45) is 3.40. The number of hydrogen-bond donors (Lipinski definition) is 3. The molecule has 0 radical (unpaired) electrons. The van der Waals surface area contributed by atoms with Crippen LogP contribution in [0.25, 0.3) is 11.3 Å². The summed E-state index contributed by atoms with van der Waals surface area (Å²) in [4.78, 5) is 21.5. The predicted molar refractivity (Wildman–Crippen MR) is 121 cm³/mol. The molecule has 2 heterocycles. The number of fused-ring (bicyclic) bond motifs is 5. The molecule has 1 saturated carbocycles. The number of hydrogen-bond acceptors (Lipinski definition) is 7. The van der Waals surface area contributed by atoms with Gasteiger partial charge in [-0.05, 0) is 47.9 Å². The molecule has 182 valence electrons. The van der Waals surface area contributed by atoms with Crippen molar-refractivity contribution >= 4 is 5.91 Å². The van der Waals surface area contributed by atoms with Gasteiger partial charge >= 0.3 is 0 Å². The Morgan fingerprint density at radius 1 is 1.23 bits per heavy atom. The lowest BCUT2D eigenvalue weighted by Crippen LogP contribution is -2.39. The third kappa shape index (κ3) is 3.42. The van der Waals surface area contributed by atoms with Crippen LogP contribution in [0.4, 0.5) is 8.78 Å². The summed E-state index contributed by atoms with van der Waals surface area (Å²) in [5.41, 5.74) is 1.08. The number of halogens is 2. The molecule has 2 aliphatic carbocycles. The third-order valence-corrected chi connectivity index (χ3v) is 7.61. The number of carbonyl (C=O) groups excluding carboxylic acids is 1. The van der Waals surface area contributed by atoms with Gasteiger partial charge in [0.05, 0.1) is 47.0 Å². The lowest BCUT2D eigenvalue weighted by atomic mass is 9.66. The highest BCUT2D eigenvalue weighted by molar-refractivity contribution is 5.92. The minimum absolute atomic E-state index is 0.0561. The zero-order valence-corrected chi connectivity index (χ0v) is 19.3. The maximum absolute atomic E-state index is 14.4. The average Bonchev–Trinajstić information content (AvgIpc) is 3.23. The second kappa shape index (κ2) is 8.39. The van der Waals surface area contributed by atoms with Crippen LogP contribution in [0.1, 0.15) is 60.0 Å². The number of benzene rings is 1. The highest BCUT2D eigenvalue weighted by Crippen LogP contribution is 2.69. The summed E-state index contributed by atoms with van der Waals surface area (Å²) in [7, 11) is 0. The van der Waals surface area contributed by atoms with Crippen LogP contribution in [-0.2, 0) is 5.41 Å². The van der Waals surface area contributed by atoms with E-state index in [1.165, 1.54) is 24.4 Å². The van der Waals surface area contributed by atoms with Crippen LogP contribution in [0.2, 0.25) is 0 Å². The standard InChI is InChI=1S/C25H25F2N5O3/c1-24(2)15-6-7-25(24,20-11-28-10-19(30-20)23(35)29-9-13(34)12-33)22-14(15)8-18(31-32-22)21-16(26)4-3-5-17(21)27/h3-5,8,10-11,13,15,33-34H,6-7,9,12H2,1-2H3,(H,29,35)/t13-,15-,25-/m0/s1. The van der Waals surface area contributed by atoms with E-state index in [1.807, 2.05) is 0 Å². The maximum atomic E-state index is 14.4. The lowest BCUT2D eigenvalue weighted by molar-refractivity contribution is 0.0798. The highest BCUT2D eigenvalue weighted by atomic mass is 19.1. The molecule has 2 bridgehead atoms. The van der Waals surface area contributed by atoms with Gasteiger partial charge in [-0.3, -0.25) is 9.78 Å². The molecule has 0 spiro atoms. The molecule has 1 amide bonds. The van der Waals surface area contributed by atoms with Crippen molar-refractivity contribution in [1.29, 1.82) is 0 Å². The van der Waals surface area contributed by atoms with Crippen molar-refractivity contribution < 1.29 is 23.8 Å².